The van der Waals surface area contributed by atoms with Crippen molar-refractivity contribution in [2.45, 2.75) is 52.5 Å². The molecule has 0 saturated carbocycles. The predicted octanol–water partition coefficient (Wildman–Crippen LogP) is 5.05. The Hall–Kier alpha value is -1.59. The molecule has 0 unspecified atom stereocenters. The van der Waals surface area contributed by atoms with Crippen LogP contribution in [-0.2, 0) is 12.0 Å². The molecular formula is C19H25ClN2O2S. The van der Waals surface area contributed by atoms with E-state index < -0.39 is 0 Å². The molecule has 0 fully saturated rings. The number of nitrogens with zero attached hydrogens (tertiary/aromatic N) is 2. The average Bonchev–Trinajstić information content (AvgIpc) is 2.95. The van der Waals surface area contributed by atoms with Crippen LogP contribution >= 0.6 is 23.1 Å². The summed E-state index contributed by atoms with van der Waals surface area (Å²) in [6.45, 7) is 8.57. The lowest BCUT2D eigenvalue weighted by molar-refractivity contribution is 0.0996. The molecule has 0 spiro atoms. The van der Waals surface area contributed by atoms with Crippen LogP contribution in [-0.4, -0.2) is 17.0 Å². The molecule has 0 saturated heterocycles. The number of rotatable bonds is 5. The van der Waals surface area contributed by atoms with Crippen molar-refractivity contribution in [1.82, 2.24) is 3.96 Å². The first-order valence-corrected chi connectivity index (χ1v) is 9.56. The summed E-state index contributed by atoms with van der Waals surface area (Å²) in [5, 5.41) is 0.487. The third-order valence-electron chi connectivity index (χ3n) is 3.79. The van der Waals surface area contributed by atoms with E-state index in [2.05, 4.69) is 42.8 Å². The quantitative estimate of drug-likeness (QED) is 0.728. The van der Waals surface area contributed by atoms with Gasteiger partial charge in [0, 0.05) is 22.3 Å². The zero-order valence-electron chi connectivity index (χ0n) is 15.4. The van der Waals surface area contributed by atoms with E-state index in [4.69, 9.17) is 16.3 Å². The lowest BCUT2D eigenvalue weighted by Gasteiger charge is -2.19. The maximum Gasteiger partial charge on any atom is 0.282 e. The Morgan fingerprint density at radius 1 is 1.36 bits per heavy atom. The third-order valence-corrected chi connectivity index (χ3v) is 5.40. The Balaban J connectivity index is 2.50. The van der Waals surface area contributed by atoms with Crippen LogP contribution in [0.4, 0.5) is 0 Å². The van der Waals surface area contributed by atoms with Gasteiger partial charge in [-0.05, 0) is 63.3 Å². The molecule has 1 amide bonds. The van der Waals surface area contributed by atoms with E-state index in [0.717, 1.165) is 29.5 Å². The SMILES string of the molecule is CCCCc1cn(C(C)(C)C)sc1=NC(=O)c1cc(Cl)ccc1OC. The van der Waals surface area contributed by atoms with Crippen LogP contribution in [0, 0.1) is 0 Å². The molecule has 2 rings (SSSR count). The average molecular weight is 381 g/mol. The maximum absolute atomic E-state index is 12.7. The van der Waals surface area contributed by atoms with Gasteiger partial charge in [0.25, 0.3) is 5.91 Å². The number of amides is 1. The van der Waals surface area contributed by atoms with Gasteiger partial charge in [-0.1, -0.05) is 24.9 Å². The smallest absolute Gasteiger partial charge is 0.282 e. The number of carbonyl (C=O) groups excluding carboxylic acids is 1. The standard InChI is InChI=1S/C19H25ClN2O2S/c1-6-7-8-13-12-22(19(2,3)4)25-18(13)21-17(23)15-11-14(20)9-10-16(15)24-5/h9-12H,6-8H2,1-5H3. The summed E-state index contributed by atoms with van der Waals surface area (Å²) in [5.41, 5.74) is 1.44. The van der Waals surface area contributed by atoms with Crippen molar-refractivity contribution in [2.24, 2.45) is 4.99 Å². The topological polar surface area (TPSA) is 43.6 Å². The fraction of sp³-hybridized carbons (Fsp3) is 0.474. The van der Waals surface area contributed by atoms with Gasteiger partial charge in [0.1, 0.15) is 10.4 Å². The van der Waals surface area contributed by atoms with Gasteiger partial charge in [-0.2, -0.15) is 4.99 Å². The highest BCUT2D eigenvalue weighted by atomic mass is 35.5. The normalized spacial score (nSPS) is 12.5. The molecule has 0 aliphatic rings. The number of benzene rings is 1. The number of carbonyl (C=O) groups is 1. The largest absolute Gasteiger partial charge is 0.496 e. The molecule has 1 aromatic carbocycles. The van der Waals surface area contributed by atoms with Crippen molar-refractivity contribution in [3.05, 3.63) is 45.2 Å². The van der Waals surface area contributed by atoms with Crippen molar-refractivity contribution in [1.29, 1.82) is 0 Å². The summed E-state index contributed by atoms with van der Waals surface area (Å²) in [6, 6.07) is 4.98. The van der Waals surface area contributed by atoms with E-state index in [1.54, 1.807) is 18.2 Å². The molecule has 136 valence electrons. The zero-order valence-corrected chi connectivity index (χ0v) is 17.0. The van der Waals surface area contributed by atoms with Gasteiger partial charge < -0.3 is 4.74 Å². The molecule has 6 heteroatoms. The van der Waals surface area contributed by atoms with Crippen LogP contribution in [0.5, 0.6) is 5.75 Å². The van der Waals surface area contributed by atoms with E-state index in [1.165, 1.54) is 18.6 Å². The molecule has 25 heavy (non-hydrogen) atoms. The van der Waals surface area contributed by atoms with Gasteiger partial charge in [0.05, 0.1) is 12.7 Å². The number of aryl methyl sites for hydroxylation is 1. The third kappa shape index (κ3) is 4.95. The first kappa shape index (κ1) is 19.7. The van der Waals surface area contributed by atoms with Crippen molar-refractivity contribution in [2.75, 3.05) is 7.11 Å². The van der Waals surface area contributed by atoms with Gasteiger partial charge in [-0.3, -0.25) is 8.75 Å². The molecule has 1 heterocycles. The maximum atomic E-state index is 12.7. The van der Waals surface area contributed by atoms with Crippen LogP contribution in [0.15, 0.2) is 29.4 Å². The summed E-state index contributed by atoms with van der Waals surface area (Å²) >= 11 is 7.55. The minimum atomic E-state index is -0.333. The minimum Gasteiger partial charge on any atom is -0.496 e. The monoisotopic (exact) mass is 380 g/mol. The minimum absolute atomic E-state index is 0.0454. The summed E-state index contributed by atoms with van der Waals surface area (Å²) < 4.78 is 8.18. The molecule has 0 N–H and O–H groups in total. The zero-order chi connectivity index (χ0) is 18.6. The van der Waals surface area contributed by atoms with Crippen molar-refractivity contribution < 1.29 is 9.53 Å². The first-order valence-electron chi connectivity index (χ1n) is 8.41. The van der Waals surface area contributed by atoms with E-state index in [1.807, 2.05) is 0 Å². The molecule has 0 bridgehead atoms. The number of unbranched alkanes of at least 4 members (excludes halogenated alkanes) is 1. The number of ether oxygens (including phenoxy) is 1. The van der Waals surface area contributed by atoms with Gasteiger partial charge in [-0.25, -0.2) is 0 Å². The Kier molecular flexibility index (Phi) is 6.47. The fourth-order valence-corrected chi connectivity index (χ4v) is 3.54. The fourth-order valence-electron chi connectivity index (χ4n) is 2.34. The van der Waals surface area contributed by atoms with Crippen LogP contribution in [0.3, 0.4) is 0 Å². The second-order valence-corrected chi connectivity index (χ2v) is 8.31. The number of aromatic nitrogens is 1. The Bertz CT molecular complexity index is 816. The summed E-state index contributed by atoms with van der Waals surface area (Å²) in [5.74, 6) is 0.147. The Labute approximate surface area is 158 Å². The molecule has 0 radical (unpaired) electrons. The van der Waals surface area contributed by atoms with Crippen LogP contribution in [0.2, 0.25) is 5.02 Å². The Morgan fingerprint density at radius 3 is 2.68 bits per heavy atom. The summed E-state index contributed by atoms with van der Waals surface area (Å²) in [4.78, 5) is 17.1. The molecular weight excluding hydrogens is 356 g/mol. The molecule has 0 atom stereocenters. The highest BCUT2D eigenvalue weighted by Gasteiger charge is 2.17. The number of hydrogen-bond donors (Lipinski definition) is 0. The molecule has 4 nitrogen and oxygen atoms in total. The van der Waals surface area contributed by atoms with Gasteiger partial charge in [-0.15, -0.1) is 0 Å². The first-order chi connectivity index (χ1) is 11.8. The number of hydrogen-bond acceptors (Lipinski definition) is 3. The van der Waals surface area contributed by atoms with Crippen LogP contribution < -0.4 is 9.41 Å². The van der Waals surface area contributed by atoms with Crippen molar-refractivity contribution >= 4 is 29.0 Å². The van der Waals surface area contributed by atoms with Crippen molar-refractivity contribution in [3.8, 4) is 5.75 Å². The molecule has 1 aromatic heterocycles. The van der Waals surface area contributed by atoms with Gasteiger partial charge in [0.15, 0.2) is 0 Å². The summed E-state index contributed by atoms with van der Waals surface area (Å²) in [6.07, 6.45) is 5.19. The second-order valence-electron chi connectivity index (χ2n) is 6.91. The molecule has 0 aliphatic carbocycles. The lowest BCUT2D eigenvalue weighted by atomic mass is 10.1. The second kappa shape index (κ2) is 8.19. The van der Waals surface area contributed by atoms with E-state index in [0.29, 0.717) is 16.3 Å². The predicted molar refractivity (Wildman–Crippen MR) is 104 cm³/mol. The molecule has 0 aliphatic heterocycles. The number of halogens is 1. The van der Waals surface area contributed by atoms with Gasteiger partial charge in [0.2, 0.25) is 0 Å². The summed E-state index contributed by atoms with van der Waals surface area (Å²) in [7, 11) is 1.53. The highest BCUT2D eigenvalue weighted by molar-refractivity contribution is 7.04. The van der Waals surface area contributed by atoms with E-state index >= 15 is 0 Å². The van der Waals surface area contributed by atoms with E-state index in [9.17, 15) is 4.79 Å². The van der Waals surface area contributed by atoms with Crippen LogP contribution in [0.25, 0.3) is 0 Å². The van der Waals surface area contributed by atoms with Crippen molar-refractivity contribution in [3.63, 3.8) is 0 Å². The Morgan fingerprint density at radius 2 is 2.08 bits per heavy atom. The van der Waals surface area contributed by atoms with E-state index in [-0.39, 0.29) is 11.4 Å². The van der Waals surface area contributed by atoms with Gasteiger partial charge >= 0.3 is 0 Å². The molecule has 2 aromatic rings. The lowest BCUT2D eigenvalue weighted by Crippen LogP contribution is -2.18. The number of methoxy groups -OCH3 is 1. The van der Waals surface area contributed by atoms with Crippen LogP contribution in [0.1, 0.15) is 56.5 Å². The highest BCUT2D eigenvalue weighted by Crippen LogP contribution is 2.24.